The van der Waals surface area contributed by atoms with Crippen molar-refractivity contribution < 1.29 is 19.0 Å². The molecule has 1 aromatic rings. The maximum absolute atomic E-state index is 11.4. The molecule has 0 N–H and O–H groups in total. The predicted molar refractivity (Wildman–Crippen MR) is 53.0 cm³/mol. The minimum absolute atomic E-state index is 0.158. The standard InChI is InChI=1S/C11H12O4/c1-13-9-5-7(10-6-15-10)3-4-8(9)11(12)14-2/h3-5,10H,6H2,1-2H3. The number of carbonyl (C=O) groups is 1. The summed E-state index contributed by atoms with van der Waals surface area (Å²) >= 11 is 0. The number of benzene rings is 1. The summed E-state index contributed by atoms with van der Waals surface area (Å²) in [4.78, 5) is 11.4. The molecular weight excluding hydrogens is 196 g/mol. The van der Waals surface area contributed by atoms with Gasteiger partial charge < -0.3 is 14.2 Å². The molecule has 1 aliphatic heterocycles. The summed E-state index contributed by atoms with van der Waals surface area (Å²) in [6.07, 6.45) is 0.158. The van der Waals surface area contributed by atoms with Crippen LogP contribution < -0.4 is 4.74 Å². The summed E-state index contributed by atoms with van der Waals surface area (Å²) < 4.78 is 14.9. The summed E-state index contributed by atoms with van der Waals surface area (Å²) in [5, 5.41) is 0. The van der Waals surface area contributed by atoms with Gasteiger partial charge >= 0.3 is 5.97 Å². The van der Waals surface area contributed by atoms with Crippen molar-refractivity contribution >= 4 is 5.97 Å². The van der Waals surface area contributed by atoms with Crippen LogP contribution in [0.25, 0.3) is 0 Å². The van der Waals surface area contributed by atoms with Crippen molar-refractivity contribution in [3.8, 4) is 5.75 Å². The van der Waals surface area contributed by atoms with Crippen LogP contribution >= 0.6 is 0 Å². The number of rotatable bonds is 3. The van der Waals surface area contributed by atoms with E-state index in [1.165, 1.54) is 14.2 Å². The first-order valence-corrected chi connectivity index (χ1v) is 4.64. The van der Waals surface area contributed by atoms with Crippen molar-refractivity contribution in [2.45, 2.75) is 6.10 Å². The average molecular weight is 208 g/mol. The third-order valence-corrected chi connectivity index (χ3v) is 2.34. The molecule has 0 amide bonds. The third kappa shape index (κ3) is 1.94. The number of carbonyl (C=O) groups excluding carboxylic acids is 1. The Morgan fingerprint density at radius 1 is 1.47 bits per heavy atom. The number of hydrogen-bond acceptors (Lipinski definition) is 4. The predicted octanol–water partition coefficient (Wildman–Crippen LogP) is 1.55. The number of ether oxygens (including phenoxy) is 3. The lowest BCUT2D eigenvalue weighted by molar-refractivity contribution is 0.0597. The minimum Gasteiger partial charge on any atom is -0.496 e. The molecule has 1 atom stereocenters. The van der Waals surface area contributed by atoms with E-state index in [2.05, 4.69) is 4.74 Å². The van der Waals surface area contributed by atoms with E-state index >= 15 is 0 Å². The fourth-order valence-corrected chi connectivity index (χ4v) is 1.43. The molecule has 0 radical (unpaired) electrons. The zero-order valence-corrected chi connectivity index (χ0v) is 8.65. The van der Waals surface area contributed by atoms with Crippen molar-refractivity contribution in [3.05, 3.63) is 29.3 Å². The van der Waals surface area contributed by atoms with E-state index in [4.69, 9.17) is 9.47 Å². The van der Waals surface area contributed by atoms with E-state index in [0.29, 0.717) is 11.3 Å². The Morgan fingerprint density at radius 2 is 2.20 bits per heavy atom. The molecule has 4 heteroatoms. The molecule has 1 aliphatic rings. The van der Waals surface area contributed by atoms with E-state index in [9.17, 15) is 4.79 Å². The van der Waals surface area contributed by atoms with E-state index in [-0.39, 0.29) is 6.10 Å². The molecule has 1 saturated heterocycles. The molecule has 0 aromatic heterocycles. The molecule has 1 aromatic carbocycles. The van der Waals surface area contributed by atoms with Gasteiger partial charge in [0.25, 0.3) is 0 Å². The van der Waals surface area contributed by atoms with Crippen LogP contribution in [-0.4, -0.2) is 26.8 Å². The Bertz CT molecular complexity index is 382. The van der Waals surface area contributed by atoms with Crippen LogP contribution in [0.4, 0.5) is 0 Å². The topological polar surface area (TPSA) is 48.1 Å². The van der Waals surface area contributed by atoms with Gasteiger partial charge in [-0.25, -0.2) is 4.79 Å². The van der Waals surface area contributed by atoms with Crippen LogP contribution in [0, 0.1) is 0 Å². The van der Waals surface area contributed by atoms with Crippen molar-refractivity contribution in [2.24, 2.45) is 0 Å². The lowest BCUT2D eigenvalue weighted by Crippen LogP contribution is -2.04. The van der Waals surface area contributed by atoms with Gasteiger partial charge in [-0.05, 0) is 17.7 Å². The first-order valence-electron chi connectivity index (χ1n) is 4.64. The summed E-state index contributed by atoms with van der Waals surface area (Å²) in [7, 11) is 2.87. The Kier molecular flexibility index (Phi) is 2.60. The molecular formula is C11H12O4. The molecule has 2 rings (SSSR count). The second-order valence-corrected chi connectivity index (χ2v) is 3.27. The van der Waals surface area contributed by atoms with Gasteiger partial charge in [0.2, 0.25) is 0 Å². The highest BCUT2D eigenvalue weighted by Crippen LogP contribution is 2.33. The minimum atomic E-state index is -0.393. The summed E-state index contributed by atoms with van der Waals surface area (Å²) in [6, 6.07) is 5.36. The molecule has 4 nitrogen and oxygen atoms in total. The highest BCUT2D eigenvalue weighted by molar-refractivity contribution is 5.92. The lowest BCUT2D eigenvalue weighted by atomic mass is 10.1. The van der Waals surface area contributed by atoms with Crippen molar-refractivity contribution in [1.29, 1.82) is 0 Å². The highest BCUT2D eigenvalue weighted by atomic mass is 16.6. The Balaban J connectivity index is 2.34. The SMILES string of the molecule is COC(=O)c1ccc(C2CO2)cc1OC. The van der Waals surface area contributed by atoms with Crippen LogP contribution in [0.3, 0.4) is 0 Å². The zero-order chi connectivity index (χ0) is 10.8. The van der Waals surface area contributed by atoms with Crippen molar-refractivity contribution in [2.75, 3.05) is 20.8 Å². The van der Waals surface area contributed by atoms with E-state index in [0.717, 1.165) is 12.2 Å². The maximum atomic E-state index is 11.4. The third-order valence-electron chi connectivity index (χ3n) is 2.34. The van der Waals surface area contributed by atoms with Crippen LogP contribution in [0.2, 0.25) is 0 Å². The first-order chi connectivity index (χ1) is 7.26. The monoisotopic (exact) mass is 208 g/mol. The van der Waals surface area contributed by atoms with Crippen LogP contribution in [-0.2, 0) is 9.47 Å². The largest absolute Gasteiger partial charge is 0.496 e. The summed E-state index contributed by atoms with van der Waals surface area (Å²) in [5.74, 6) is 0.130. The number of epoxide rings is 1. The smallest absolute Gasteiger partial charge is 0.341 e. The summed E-state index contributed by atoms with van der Waals surface area (Å²) in [5.41, 5.74) is 1.46. The van der Waals surface area contributed by atoms with Crippen molar-refractivity contribution in [1.82, 2.24) is 0 Å². The molecule has 0 aliphatic carbocycles. The van der Waals surface area contributed by atoms with E-state index in [1.54, 1.807) is 6.07 Å². The van der Waals surface area contributed by atoms with Crippen LogP contribution in [0.15, 0.2) is 18.2 Å². The van der Waals surface area contributed by atoms with E-state index in [1.807, 2.05) is 12.1 Å². The molecule has 1 fully saturated rings. The number of esters is 1. The molecule has 0 bridgehead atoms. The molecule has 80 valence electrons. The zero-order valence-electron chi connectivity index (χ0n) is 8.65. The lowest BCUT2D eigenvalue weighted by Gasteiger charge is -2.07. The molecule has 15 heavy (non-hydrogen) atoms. The van der Waals surface area contributed by atoms with Crippen molar-refractivity contribution in [3.63, 3.8) is 0 Å². The fraction of sp³-hybridized carbons (Fsp3) is 0.364. The van der Waals surface area contributed by atoms with Gasteiger partial charge in [0, 0.05) is 0 Å². The number of methoxy groups -OCH3 is 2. The van der Waals surface area contributed by atoms with Crippen LogP contribution in [0.5, 0.6) is 5.75 Å². The fourth-order valence-electron chi connectivity index (χ4n) is 1.43. The molecule has 1 unspecified atom stereocenters. The molecule has 0 spiro atoms. The van der Waals surface area contributed by atoms with Gasteiger partial charge in [0.1, 0.15) is 17.4 Å². The highest BCUT2D eigenvalue weighted by Gasteiger charge is 2.26. The van der Waals surface area contributed by atoms with Gasteiger partial charge in [0.15, 0.2) is 0 Å². The average Bonchev–Trinajstić information content (AvgIpc) is 3.11. The second kappa shape index (κ2) is 3.90. The van der Waals surface area contributed by atoms with Gasteiger partial charge in [-0.2, -0.15) is 0 Å². The normalized spacial score (nSPS) is 18.4. The van der Waals surface area contributed by atoms with Crippen LogP contribution in [0.1, 0.15) is 22.0 Å². The second-order valence-electron chi connectivity index (χ2n) is 3.27. The van der Waals surface area contributed by atoms with Gasteiger partial charge in [-0.1, -0.05) is 6.07 Å². The summed E-state index contributed by atoms with van der Waals surface area (Å²) in [6.45, 7) is 0.737. The van der Waals surface area contributed by atoms with Gasteiger partial charge in [-0.15, -0.1) is 0 Å². The Hall–Kier alpha value is -1.55. The first kappa shape index (κ1) is 9.98. The Morgan fingerprint density at radius 3 is 2.73 bits per heavy atom. The van der Waals surface area contributed by atoms with E-state index < -0.39 is 5.97 Å². The molecule has 1 heterocycles. The maximum Gasteiger partial charge on any atom is 0.341 e. The quantitative estimate of drug-likeness (QED) is 0.558. The Labute approximate surface area is 87.8 Å². The number of hydrogen-bond donors (Lipinski definition) is 0. The molecule has 0 saturated carbocycles. The van der Waals surface area contributed by atoms with Gasteiger partial charge in [-0.3, -0.25) is 0 Å². The van der Waals surface area contributed by atoms with Gasteiger partial charge in [0.05, 0.1) is 20.8 Å².